The average molecular weight is 210 g/mol. The van der Waals surface area contributed by atoms with Crippen molar-refractivity contribution in [2.75, 3.05) is 13.1 Å². The predicted molar refractivity (Wildman–Crippen MR) is 52.4 cm³/mol. The summed E-state index contributed by atoms with van der Waals surface area (Å²) in [4.78, 5) is 12.7. The van der Waals surface area contributed by atoms with E-state index in [9.17, 15) is 4.79 Å². The lowest BCUT2D eigenvalue weighted by atomic mass is 9.99. The molecule has 0 atom stereocenters. The Kier molecular flexibility index (Phi) is 2.48. The Morgan fingerprint density at radius 3 is 2.73 bits per heavy atom. The number of aliphatic carboxylic acids is 1. The van der Waals surface area contributed by atoms with Gasteiger partial charge in [-0.3, -0.25) is 9.69 Å². The third-order valence-electron chi connectivity index (χ3n) is 2.87. The summed E-state index contributed by atoms with van der Waals surface area (Å²) < 4.78 is 5.05. The zero-order chi connectivity index (χ0) is 11.0. The van der Waals surface area contributed by atoms with Crippen LogP contribution in [0.2, 0.25) is 0 Å². The number of likely N-dealkylation sites (tertiary alicyclic amines) is 1. The van der Waals surface area contributed by atoms with Gasteiger partial charge in [0.25, 0.3) is 0 Å². The van der Waals surface area contributed by atoms with E-state index in [1.165, 1.54) is 0 Å². The van der Waals surface area contributed by atoms with Crippen LogP contribution < -0.4 is 0 Å². The van der Waals surface area contributed by atoms with Gasteiger partial charge in [-0.25, -0.2) is 0 Å². The summed E-state index contributed by atoms with van der Waals surface area (Å²) in [5.74, 6) is -0.0817. The molecular formula is C10H14N2O3. The van der Waals surface area contributed by atoms with E-state index in [4.69, 9.17) is 9.63 Å². The first-order valence-corrected chi connectivity index (χ1v) is 4.95. The Labute approximate surface area is 87.7 Å². The Morgan fingerprint density at radius 1 is 1.60 bits per heavy atom. The highest BCUT2D eigenvalue weighted by Crippen LogP contribution is 2.21. The lowest BCUT2D eigenvalue weighted by molar-refractivity contribution is -0.147. The Bertz CT molecular complexity index is 361. The van der Waals surface area contributed by atoms with Gasteiger partial charge in [0.15, 0.2) is 0 Å². The molecule has 1 aliphatic heterocycles. The molecule has 0 aliphatic carbocycles. The normalized spacial score (nSPS) is 17.7. The SMILES string of the molecule is Cc1noc(C)c1CN1CC(C(=O)O)C1. The molecule has 1 N–H and O–H groups in total. The lowest BCUT2D eigenvalue weighted by Gasteiger charge is -2.36. The Morgan fingerprint density at radius 2 is 2.27 bits per heavy atom. The molecule has 2 rings (SSSR count). The van der Waals surface area contributed by atoms with Crippen molar-refractivity contribution in [3.8, 4) is 0 Å². The molecule has 2 heterocycles. The van der Waals surface area contributed by atoms with Gasteiger partial charge in [-0.05, 0) is 13.8 Å². The maximum Gasteiger partial charge on any atom is 0.309 e. The zero-order valence-corrected chi connectivity index (χ0v) is 8.86. The van der Waals surface area contributed by atoms with E-state index in [-0.39, 0.29) is 5.92 Å². The number of hydrogen-bond acceptors (Lipinski definition) is 4. The minimum absolute atomic E-state index is 0.203. The van der Waals surface area contributed by atoms with Gasteiger partial charge in [0, 0.05) is 25.2 Å². The van der Waals surface area contributed by atoms with Crippen LogP contribution in [-0.4, -0.2) is 34.2 Å². The molecular weight excluding hydrogens is 196 g/mol. The summed E-state index contributed by atoms with van der Waals surface area (Å²) >= 11 is 0. The van der Waals surface area contributed by atoms with Crippen molar-refractivity contribution in [2.24, 2.45) is 5.92 Å². The molecule has 0 amide bonds. The zero-order valence-electron chi connectivity index (χ0n) is 8.86. The van der Waals surface area contributed by atoms with Gasteiger partial charge in [0.2, 0.25) is 0 Å². The van der Waals surface area contributed by atoms with Crippen molar-refractivity contribution in [1.82, 2.24) is 10.1 Å². The predicted octanol–water partition coefficient (Wildman–Crippen LogP) is 0.808. The number of aromatic nitrogens is 1. The number of carboxylic acids is 1. The topological polar surface area (TPSA) is 66.6 Å². The van der Waals surface area contributed by atoms with E-state index in [0.717, 1.165) is 23.6 Å². The fraction of sp³-hybridized carbons (Fsp3) is 0.600. The number of hydrogen-bond donors (Lipinski definition) is 1. The smallest absolute Gasteiger partial charge is 0.309 e. The fourth-order valence-corrected chi connectivity index (χ4v) is 1.81. The standard InChI is InChI=1S/C10H14N2O3/c1-6-9(7(2)15-11-6)5-12-3-8(4-12)10(13)14/h8H,3-5H2,1-2H3,(H,13,14). The van der Waals surface area contributed by atoms with Crippen LogP contribution in [0, 0.1) is 19.8 Å². The van der Waals surface area contributed by atoms with Crippen molar-refractivity contribution in [1.29, 1.82) is 0 Å². The second-order valence-electron chi connectivity index (χ2n) is 4.03. The summed E-state index contributed by atoms with van der Waals surface area (Å²) in [6, 6.07) is 0. The van der Waals surface area contributed by atoms with Gasteiger partial charge < -0.3 is 9.63 Å². The van der Waals surface area contributed by atoms with Crippen molar-refractivity contribution in [3.63, 3.8) is 0 Å². The summed E-state index contributed by atoms with van der Waals surface area (Å²) in [7, 11) is 0. The van der Waals surface area contributed by atoms with Crippen LogP contribution in [0.5, 0.6) is 0 Å². The minimum atomic E-state index is -0.704. The van der Waals surface area contributed by atoms with Crippen LogP contribution in [0.25, 0.3) is 0 Å². The minimum Gasteiger partial charge on any atom is -0.481 e. The molecule has 15 heavy (non-hydrogen) atoms. The van der Waals surface area contributed by atoms with Crippen molar-refractivity contribution in [2.45, 2.75) is 20.4 Å². The second kappa shape index (κ2) is 3.66. The Balaban J connectivity index is 1.93. The first kappa shape index (κ1) is 10.2. The number of nitrogens with zero attached hydrogens (tertiary/aromatic N) is 2. The number of carbonyl (C=O) groups is 1. The third-order valence-corrected chi connectivity index (χ3v) is 2.87. The number of aryl methyl sites for hydroxylation is 2. The van der Waals surface area contributed by atoms with Crippen LogP contribution in [0.15, 0.2) is 4.52 Å². The molecule has 0 aromatic carbocycles. The molecule has 5 heteroatoms. The summed E-state index contributed by atoms with van der Waals surface area (Å²) in [6.07, 6.45) is 0. The van der Waals surface area contributed by atoms with E-state index < -0.39 is 5.97 Å². The highest BCUT2D eigenvalue weighted by atomic mass is 16.5. The monoisotopic (exact) mass is 210 g/mol. The molecule has 0 saturated carbocycles. The summed E-state index contributed by atoms with van der Waals surface area (Å²) in [6.45, 7) is 5.77. The average Bonchev–Trinajstić information content (AvgIpc) is 2.39. The molecule has 0 unspecified atom stereocenters. The number of rotatable bonds is 3. The molecule has 82 valence electrons. The van der Waals surface area contributed by atoms with Crippen molar-refractivity contribution in [3.05, 3.63) is 17.0 Å². The van der Waals surface area contributed by atoms with E-state index >= 15 is 0 Å². The maximum atomic E-state index is 10.6. The second-order valence-corrected chi connectivity index (χ2v) is 4.03. The number of carboxylic acid groups (broad SMARTS) is 1. The molecule has 0 radical (unpaired) electrons. The molecule has 1 saturated heterocycles. The van der Waals surface area contributed by atoms with E-state index in [2.05, 4.69) is 10.1 Å². The Hall–Kier alpha value is -1.36. The first-order chi connectivity index (χ1) is 7.08. The molecule has 1 aromatic heterocycles. The van der Waals surface area contributed by atoms with Crippen LogP contribution in [0.4, 0.5) is 0 Å². The van der Waals surface area contributed by atoms with Crippen molar-refractivity contribution >= 4 is 5.97 Å². The van der Waals surface area contributed by atoms with E-state index in [1.807, 2.05) is 13.8 Å². The fourth-order valence-electron chi connectivity index (χ4n) is 1.81. The molecule has 1 fully saturated rings. The van der Waals surface area contributed by atoms with E-state index in [1.54, 1.807) is 0 Å². The van der Waals surface area contributed by atoms with Gasteiger partial charge in [0.05, 0.1) is 11.6 Å². The molecule has 1 aromatic rings. The third kappa shape index (κ3) is 1.87. The van der Waals surface area contributed by atoms with E-state index in [0.29, 0.717) is 13.1 Å². The quantitative estimate of drug-likeness (QED) is 0.799. The van der Waals surface area contributed by atoms with Gasteiger partial charge in [-0.1, -0.05) is 5.16 Å². The lowest BCUT2D eigenvalue weighted by Crippen LogP contribution is -2.49. The van der Waals surface area contributed by atoms with Crippen LogP contribution >= 0.6 is 0 Å². The van der Waals surface area contributed by atoms with Gasteiger partial charge in [-0.15, -0.1) is 0 Å². The summed E-state index contributed by atoms with van der Waals surface area (Å²) in [5.41, 5.74) is 1.98. The van der Waals surface area contributed by atoms with Crippen LogP contribution in [0.1, 0.15) is 17.0 Å². The van der Waals surface area contributed by atoms with Gasteiger partial charge >= 0.3 is 5.97 Å². The molecule has 5 nitrogen and oxygen atoms in total. The largest absolute Gasteiger partial charge is 0.481 e. The first-order valence-electron chi connectivity index (χ1n) is 4.95. The van der Waals surface area contributed by atoms with Crippen LogP contribution in [0.3, 0.4) is 0 Å². The molecule has 0 spiro atoms. The van der Waals surface area contributed by atoms with Crippen molar-refractivity contribution < 1.29 is 14.4 Å². The van der Waals surface area contributed by atoms with Gasteiger partial charge in [-0.2, -0.15) is 0 Å². The molecule has 0 bridgehead atoms. The summed E-state index contributed by atoms with van der Waals surface area (Å²) in [5, 5.41) is 12.6. The maximum absolute atomic E-state index is 10.6. The van der Waals surface area contributed by atoms with Gasteiger partial charge in [0.1, 0.15) is 5.76 Å². The highest BCUT2D eigenvalue weighted by molar-refractivity contribution is 5.71. The van der Waals surface area contributed by atoms with Crippen LogP contribution in [-0.2, 0) is 11.3 Å². The molecule has 1 aliphatic rings. The highest BCUT2D eigenvalue weighted by Gasteiger charge is 2.33.